The summed E-state index contributed by atoms with van der Waals surface area (Å²) in [6.45, 7) is 0. The van der Waals surface area contributed by atoms with Crippen molar-refractivity contribution in [1.82, 2.24) is 9.78 Å². The first-order chi connectivity index (χ1) is 9.21. The smallest absolute Gasteiger partial charge is 0.416 e. The summed E-state index contributed by atoms with van der Waals surface area (Å²) >= 11 is 0. The van der Waals surface area contributed by atoms with E-state index in [9.17, 15) is 27.9 Å². The van der Waals surface area contributed by atoms with E-state index in [2.05, 4.69) is 0 Å². The van der Waals surface area contributed by atoms with Gasteiger partial charge in [-0.1, -0.05) is 6.07 Å². The molecule has 2 rings (SSSR count). The topological polar surface area (TPSA) is 95.3 Å². The molecule has 0 aliphatic carbocycles. The number of alkyl halides is 3. The summed E-state index contributed by atoms with van der Waals surface area (Å²) < 4.78 is 38.2. The van der Waals surface area contributed by atoms with E-state index < -0.39 is 34.7 Å². The van der Waals surface area contributed by atoms with Gasteiger partial charge in [0.05, 0.1) is 11.3 Å². The van der Waals surface area contributed by atoms with Crippen molar-refractivity contribution in [2.24, 2.45) is 0 Å². The van der Waals surface area contributed by atoms with E-state index in [1.807, 2.05) is 5.10 Å². The number of nitrogens with one attached hydrogen (secondary N) is 1. The lowest BCUT2D eigenvalue weighted by atomic mass is 10.2. The zero-order valence-corrected chi connectivity index (χ0v) is 9.60. The van der Waals surface area contributed by atoms with Gasteiger partial charge in [-0.3, -0.25) is 9.89 Å². The Hall–Kier alpha value is -2.71. The van der Waals surface area contributed by atoms with Crippen LogP contribution in [0.15, 0.2) is 29.1 Å². The Morgan fingerprint density at radius 1 is 1.30 bits per heavy atom. The van der Waals surface area contributed by atoms with Gasteiger partial charge in [-0.2, -0.15) is 13.2 Å². The lowest BCUT2D eigenvalue weighted by Crippen LogP contribution is -2.12. The maximum absolute atomic E-state index is 12.6. The number of nitrogens with zero attached hydrogens (tertiary/aromatic N) is 1. The van der Waals surface area contributed by atoms with Crippen molar-refractivity contribution in [1.29, 1.82) is 0 Å². The molecule has 1 aromatic carbocycles. The highest BCUT2D eigenvalue weighted by atomic mass is 19.4. The third kappa shape index (κ3) is 2.25. The summed E-state index contributed by atoms with van der Waals surface area (Å²) in [6.07, 6.45) is -4.60. The molecular weight excluding hydrogens is 281 g/mol. The minimum Gasteiger partial charge on any atom is -0.493 e. The lowest BCUT2D eigenvalue weighted by molar-refractivity contribution is -0.137. The predicted octanol–water partition coefficient (Wildman–Crippen LogP) is 1.59. The molecule has 9 heteroatoms. The van der Waals surface area contributed by atoms with E-state index in [0.29, 0.717) is 10.7 Å². The standard InChI is InChI=1S/C11H7F3N2O4/c12-11(13,14)5-2-1-3-6(4-5)16-9(18)7(10(19)20)8(17)15-16/h1-4,18H,(H,15,17)(H,19,20). The molecule has 2 aromatic rings. The maximum atomic E-state index is 12.6. The molecule has 0 atom stereocenters. The van der Waals surface area contributed by atoms with E-state index in [4.69, 9.17) is 5.11 Å². The minimum absolute atomic E-state index is 0.220. The van der Waals surface area contributed by atoms with Gasteiger partial charge in [0.2, 0.25) is 5.88 Å². The van der Waals surface area contributed by atoms with E-state index in [-0.39, 0.29) is 5.69 Å². The van der Waals surface area contributed by atoms with Crippen LogP contribution in [-0.4, -0.2) is 26.0 Å². The van der Waals surface area contributed by atoms with Crippen LogP contribution in [0.2, 0.25) is 0 Å². The summed E-state index contributed by atoms with van der Waals surface area (Å²) in [6, 6.07) is 3.72. The number of carboxylic acid groups (broad SMARTS) is 1. The fourth-order valence-electron chi connectivity index (χ4n) is 1.62. The number of aromatic carboxylic acids is 1. The highest BCUT2D eigenvalue weighted by molar-refractivity contribution is 5.89. The molecule has 1 heterocycles. The molecule has 0 saturated carbocycles. The van der Waals surface area contributed by atoms with Crippen molar-refractivity contribution in [3.63, 3.8) is 0 Å². The number of hydrogen-bond acceptors (Lipinski definition) is 3. The Morgan fingerprint density at radius 3 is 2.45 bits per heavy atom. The van der Waals surface area contributed by atoms with Crippen LogP contribution in [-0.2, 0) is 6.18 Å². The van der Waals surface area contributed by atoms with Gasteiger partial charge in [0.15, 0.2) is 5.56 Å². The van der Waals surface area contributed by atoms with Crippen LogP contribution in [0.5, 0.6) is 5.88 Å². The normalized spacial score (nSPS) is 11.6. The van der Waals surface area contributed by atoms with E-state index in [1.54, 1.807) is 0 Å². The SMILES string of the molecule is O=C(O)c1c(O)n(-c2cccc(C(F)(F)F)c2)[nH]c1=O. The van der Waals surface area contributed by atoms with Crippen LogP contribution in [0.4, 0.5) is 13.2 Å². The van der Waals surface area contributed by atoms with Crippen molar-refractivity contribution in [2.45, 2.75) is 6.18 Å². The third-order valence-corrected chi connectivity index (χ3v) is 2.52. The Labute approximate surface area is 108 Å². The second kappa shape index (κ2) is 4.44. The number of rotatable bonds is 2. The lowest BCUT2D eigenvalue weighted by Gasteiger charge is -2.09. The third-order valence-electron chi connectivity index (χ3n) is 2.52. The molecule has 0 amide bonds. The molecule has 1 aromatic heterocycles. The molecule has 0 unspecified atom stereocenters. The Morgan fingerprint density at radius 2 is 1.95 bits per heavy atom. The molecule has 0 radical (unpaired) electrons. The van der Waals surface area contributed by atoms with Gasteiger partial charge >= 0.3 is 12.1 Å². The van der Waals surface area contributed by atoms with Crippen molar-refractivity contribution in [3.8, 4) is 11.6 Å². The highest BCUT2D eigenvalue weighted by Gasteiger charge is 2.31. The number of aromatic hydroxyl groups is 1. The van der Waals surface area contributed by atoms with Crippen LogP contribution in [0, 0.1) is 0 Å². The number of H-pyrrole nitrogens is 1. The number of aromatic amines is 1. The summed E-state index contributed by atoms with van der Waals surface area (Å²) in [5, 5.41) is 20.3. The quantitative estimate of drug-likeness (QED) is 0.782. The minimum atomic E-state index is -4.60. The van der Waals surface area contributed by atoms with Gasteiger partial charge in [-0.15, -0.1) is 0 Å². The first kappa shape index (κ1) is 13.7. The average Bonchev–Trinajstić information content (AvgIpc) is 2.64. The van der Waals surface area contributed by atoms with Crippen molar-refractivity contribution < 1.29 is 28.2 Å². The second-order valence-electron chi connectivity index (χ2n) is 3.83. The van der Waals surface area contributed by atoms with Gasteiger partial charge < -0.3 is 10.2 Å². The fourth-order valence-corrected chi connectivity index (χ4v) is 1.62. The molecule has 6 nitrogen and oxygen atoms in total. The van der Waals surface area contributed by atoms with Crippen LogP contribution < -0.4 is 5.56 Å². The molecule has 0 aliphatic rings. The Balaban J connectivity index is 2.62. The zero-order chi connectivity index (χ0) is 15.1. The first-order valence-electron chi connectivity index (χ1n) is 5.16. The number of benzene rings is 1. The highest BCUT2D eigenvalue weighted by Crippen LogP contribution is 2.31. The van der Waals surface area contributed by atoms with Gasteiger partial charge in [0, 0.05) is 0 Å². The molecule has 3 N–H and O–H groups in total. The predicted molar refractivity (Wildman–Crippen MR) is 60.0 cm³/mol. The van der Waals surface area contributed by atoms with E-state index in [1.165, 1.54) is 6.07 Å². The largest absolute Gasteiger partial charge is 0.493 e. The first-order valence-corrected chi connectivity index (χ1v) is 5.16. The van der Waals surface area contributed by atoms with Crippen LogP contribution in [0.1, 0.15) is 15.9 Å². The van der Waals surface area contributed by atoms with Crippen LogP contribution in [0.25, 0.3) is 5.69 Å². The van der Waals surface area contributed by atoms with Crippen molar-refractivity contribution >= 4 is 5.97 Å². The van der Waals surface area contributed by atoms with Gasteiger partial charge in [-0.25, -0.2) is 9.48 Å². The monoisotopic (exact) mass is 288 g/mol. The van der Waals surface area contributed by atoms with Gasteiger partial charge in [0.25, 0.3) is 5.56 Å². The van der Waals surface area contributed by atoms with Crippen LogP contribution >= 0.6 is 0 Å². The Bertz CT molecular complexity index is 730. The molecule has 20 heavy (non-hydrogen) atoms. The van der Waals surface area contributed by atoms with Gasteiger partial charge in [-0.05, 0) is 18.2 Å². The summed E-state index contributed by atoms with van der Waals surface area (Å²) in [7, 11) is 0. The number of carbonyl (C=O) groups is 1. The van der Waals surface area contributed by atoms with E-state index in [0.717, 1.165) is 12.1 Å². The summed E-state index contributed by atoms with van der Waals surface area (Å²) in [5.74, 6) is -2.66. The molecule has 0 bridgehead atoms. The zero-order valence-electron chi connectivity index (χ0n) is 9.60. The number of aromatic nitrogens is 2. The second-order valence-corrected chi connectivity index (χ2v) is 3.83. The maximum Gasteiger partial charge on any atom is 0.416 e. The fraction of sp³-hybridized carbons (Fsp3) is 0.0909. The summed E-state index contributed by atoms with van der Waals surface area (Å²) in [5.41, 5.74) is -3.28. The number of hydrogen-bond donors (Lipinski definition) is 3. The van der Waals surface area contributed by atoms with Crippen molar-refractivity contribution in [2.75, 3.05) is 0 Å². The molecule has 0 fully saturated rings. The molecule has 0 saturated heterocycles. The van der Waals surface area contributed by atoms with Crippen molar-refractivity contribution in [3.05, 3.63) is 45.7 Å². The average molecular weight is 288 g/mol. The molecular formula is C11H7F3N2O4. The summed E-state index contributed by atoms with van der Waals surface area (Å²) in [4.78, 5) is 22.1. The number of halogens is 3. The molecule has 0 spiro atoms. The number of carboxylic acids is 1. The van der Waals surface area contributed by atoms with Crippen LogP contribution in [0.3, 0.4) is 0 Å². The molecule has 106 valence electrons. The molecule has 0 aliphatic heterocycles. The Kier molecular flexibility index (Phi) is 3.04. The van der Waals surface area contributed by atoms with E-state index >= 15 is 0 Å². The van der Waals surface area contributed by atoms with Gasteiger partial charge in [0.1, 0.15) is 0 Å².